The number of amides is 1. The number of nitrogens with zero attached hydrogens (tertiary/aromatic N) is 5. The van der Waals surface area contributed by atoms with Crippen molar-refractivity contribution in [2.24, 2.45) is 0 Å². The number of hydrogen-bond donors (Lipinski definition) is 0. The van der Waals surface area contributed by atoms with Crippen LogP contribution in [0.1, 0.15) is 34.4 Å². The van der Waals surface area contributed by atoms with Crippen molar-refractivity contribution < 1.29 is 9.53 Å². The highest BCUT2D eigenvalue weighted by Crippen LogP contribution is 2.36. The van der Waals surface area contributed by atoms with Gasteiger partial charge in [-0.3, -0.25) is 4.79 Å². The number of para-hydroxylation sites is 1. The molecule has 3 aromatic rings. The minimum Gasteiger partial charge on any atom is -0.459 e. The highest BCUT2D eigenvalue weighted by molar-refractivity contribution is 5.87. The minimum absolute atomic E-state index is 0.00900. The number of hydrogen-bond acceptors (Lipinski definition) is 6. The topological polar surface area (TPSA) is 61.8 Å². The maximum absolute atomic E-state index is 12.1. The van der Waals surface area contributed by atoms with Crippen molar-refractivity contribution >= 4 is 17.4 Å². The highest BCUT2D eigenvalue weighted by atomic mass is 16.5. The quantitative estimate of drug-likeness (QED) is 0.466. The molecule has 7 heteroatoms. The maximum Gasteiger partial charge on any atom is 0.318 e. The molecule has 3 aliphatic rings. The van der Waals surface area contributed by atoms with Crippen LogP contribution in [0, 0.1) is 6.92 Å². The van der Waals surface area contributed by atoms with Crippen LogP contribution < -0.4 is 14.5 Å². The van der Waals surface area contributed by atoms with Gasteiger partial charge in [-0.15, -0.1) is 0 Å². The third-order valence-corrected chi connectivity index (χ3v) is 8.09. The lowest BCUT2D eigenvalue weighted by Crippen LogP contribution is -2.49. The fourth-order valence-electron chi connectivity index (χ4n) is 6.11. The average Bonchev–Trinajstić information content (AvgIpc) is 3.39. The number of ether oxygens (including phenoxy) is 1. The zero-order valence-corrected chi connectivity index (χ0v) is 22.1. The summed E-state index contributed by atoms with van der Waals surface area (Å²) in [5.41, 5.74) is 7.46. The van der Waals surface area contributed by atoms with Gasteiger partial charge in [0.15, 0.2) is 0 Å². The number of carbonyl (C=O) groups is 1. The van der Waals surface area contributed by atoms with Crippen LogP contribution in [0.3, 0.4) is 0 Å². The Morgan fingerprint density at radius 2 is 1.89 bits per heavy atom. The monoisotopic (exact) mass is 509 g/mol. The lowest BCUT2D eigenvalue weighted by atomic mass is 9.90. The van der Waals surface area contributed by atoms with Gasteiger partial charge in [0, 0.05) is 56.4 Å². The standard InChI is InChI=1S/C31H35N5O2/c1-3-29(37)34-15-17-35(18-16-34)30-26-12-11-25(36-14-13-24-9-4-5-10-28(24)36)20-27(26)32-31(33-30)38-21-23-8-6-7-22(2)19-23/h3-10,19,25H,1,11-18,20-21H2,2H3/t25-/m1/s1. The molecule has 7 nitrogen and oxygen atoms in total. The first-order valence-electron chi connectivity index (χ1n) is 13.7. The van der Waals surface area contributed by atoms with Crippen LogP contribution in [0.2, 0.25) is 0 Å². The fraction of sp³-hybridized carbons (Fsp3) is 0.387. The number of aromatic nitrogens is 2. The third kappa shape index (κ3) is 4.85. The number of fused-ring (bicyclic) bond motifs is 2. The smallest absolute Gasteiger partial charge is 0.318 e. The van der Waals surface area contributed by atoms with E-state index in [2.05, 4.69) is 71.8 Å². The number of anilines is 2. The second kappa shape index (κ2) is 10.5. The van der Waals surface area contributed by atoms with E-state index in [1.807, 2.05) is 4.90 Å². The van der Waals surface area contributed by atoms with E-state index in [-0.39, 0.29) is 5.91 Å². The fourth-order valence-corrected chi connectivity index (χ4v) is 6.11. The van der Waals surface area contributed by atoms with Gasteiger partial charge < -0.3 is 19.4 Å². The molecule has 2 aliphatic heterocycles. The molecular formula is C31H35N5O2. The Bertz CT molecular complexity index is 1350. The summed E-state index contributed by atoms with van der Waals surface area (Å²) in [7, 11) is 0. The second-order valence-electron chi connectivity index (χ2n) is 10.5. The summed E-state index contributed by atoms with van der Waals surface area (Å²) in [5.74, 6) is 0.963. The van der Waals surface area contributed by atoms with Gasteiger partial charge in [-0.1, -0.05) is 54.6 Å². The first-order valence-corrected chi connectivity index (χ1v) is 13.7. The van der Waals surface area contributed by atoms with Gasteiger partial charge in [0.1, 0.15) is 12.4 Å². The van der Waals surface area contributed by atoms with Crippen LogP contribution in [0.25, 0.3) is 0 Å². The molecule has 1 aromatic heterocycles. The molecule has 196 valence electrons. The van der Waals surface area contributed by atoms with Crippen LogP contribution >= 0.6 is 0 Å². The Morgan fingerprint density at radius 1 is 1.05 bits per heavy atom. The number of benzene rings is 2. The van der Waals surface area contributed by atoms with Crippen molar-refractivity contribution in [3.63, 3.8) is 0 Å². The Balaban J connectivity index is 1.27. The lowest BCUT2D eigenvalue weighted by Gasteiger charge is -2.38. The van der Waals surface area contributed by atoms with E-state index in [0.29, 0.717) is 31.7 Å². The number of carbonyl (C=O) groups excluding carboxylic acids is 1. The van der Waals surface area contributed by atoms with E-state index >= 15 is 0 Å². The zero-order chi connectivity index (χ0) is 26.1. The van der Waals surface area contributed by atoms with Gasteiger partial charge in [0.05, 0.1) is 5.69 Å². The molecule has 3 heterocycles. The molecule has 1 atom stereocenters. The van der Waals surface area contributed by atoms with Crippen molar-refractivity contribution in [1.82, 2.24) is 14.9 Å². The minimum atomic E-state index is -0.00900. The molecule has 1 amide bonds. The summed E-state index contributed by atoms with van der Waals surface area (Å²) >= 11 is 0. The van der Waals surface area contributed by atoms with E-state index in [4.69, 9.17) is 14.7 Å². The number of aryl methyl sites for hydroxylation is 1. The van der Waals surface area contributed by atoms with Gasteiger partial charge in [-0.2, -0.15) is 9.97 Å². The number of rotatable bonds is 6. The summed E-state index contributed by atoms with van der Waals surface area (Å²) in [4.78, 5) is 28.8. The predicted molar refractivity (Wildman–Crippen MR) is 150 cm³/mol. The molecule has 0 radical (unpaired) electrons. The summed E-state index contributed by atoms with van der Waals surface area (Å²) < 4.78 is 6.20. The molecule has 2 aromatic carbocycles. The normalized spacial score (nSPS) is 18.7. The van der Waals surface area contributed by atoms with Crippen molar-refractivity contribution in [3.8, 4) is 6.01 Å². The van der Waals surface area contributed by atoms with E-state index in [1.54, 1.807) is 0 Å². The first kappa shape index (κ1) is 24.5. The molecular weight excluding hydrogens is 474 g/mol. The molecule has 0 unspecified atom stereocenters. The molecule has 1 aliphatic carbocycles. The summed E-state index contributed by atoms with van der Waals surface area (Å²) in [6.07, 6.45) is 5.41. The highest BCUT2D eigenvalue weighted by Gasteiger charge is 2.33. The molecule has 1 saturated heterocycles. The molecule has 1 fully saturated rings. The van der Waals surface area contributed by atoms with Crippen molar-refractivity contribution in [2.45, 2.75) is 45.3 Å². The van der Waals surface area contributed by atoms with Crippen molar-refractivity contribution in [1.29, 1.82) is 0 Å². The van der Waals surface area contributed by atoms with Gasteiger partial charge in [-0.05, 0) is 49.5 Å². The molecule has 0 spiro atoms. The predicted octanol–water partition coefficient (Wildman–Crippen LogP) is 4.12. The Morgan fingerprint density at radius 3 is 2.71 bits per heavy atom. The molecule has 0 bridgehead atoms. The van der Waals surface area contributed by atoms with Crippen LogP contribution in [-0.2, 0) is 30.7 Å². The van der Waals surface area contributed by atoms with Crippen molar-refractivity contribution in [3.05, 3.63) is 89.1 Å². The van der Waals surface area contributed by atoms with Crippen LogP contribution in [0.4, 0.5) is 11.5 Å². The van der Waals surface area contributed by atoms with E-state index in [0.717, 1.165) is 62.4 Å². The Labute approximate surface area is 224 Å². The SMILES string of the molecule is C=CC(=O)N1CCN(c2nc(OCc3cccc(C)c3)nc3c2CC[C@@H](N2CCc4ccccc42)C3)CC1. The summed E-state index contributed by atoms with van der Waals surface area (Å²) in [6.45, 7) is 10.0. The third-order valence-electron chi connectivity index (χ3n) is 8.09. The van der Waals surface area contributed by atoms with E-state index in [9.17, 15) is 4.79 Å². The first-order chi connectivity index (χ1) is 18.6. The summed E-state index contributed by atoms with van der Waals surface area (Å²) in [5, 5.41) is 0. The largest absolute Gasteiger partial charge is 0.459 e. The van der Waals surface area contributed by atoms with Crippen molar-refractivity contribution in [2.75, 3.05) is 42.5 Å². The molecule has 38 heavy (non-hydrogen) atoms. The summed E-state index contributed by atoms with van der Waals surface area (Å²) in [6, 6.07) is 18.0. The van der Waals surface area contributed by atoms with E-state index < -0.39 is 0 Å². The maximum atomic E-state index is 12.1. The van der Waals surface area contributed by atoms with Crippen LogP contribution in [0.5, 0.6) is 6.01 Å². The molecule has 6 rings (SSSR count). The van der Waals surface area contributed by atoms with Gasteiger partial charge in [0.25, 0.3) is 0 Å². The second-order valence-corrected chi connectivity index (χ2v) is 10.5. The molecule has 0 N–H and O–H groups in total. The van der Waals surface area contributed by atoms with Gasteiger partial charge in [0.2, 0.25) is 5.91 Å². The van der Waals surface area contributed by atoms with E-state index in [1.165, 1.54) is 28.5 Å². The lowest BCUT2D eigenvalue weighted by molar-refractivity contribution is -0.126. The van der Waals surface area contributed by atoms with Gasteiger partial charge in [-0.25, -0.2) is 0 Å². The zero-order valence-electron chi connectivity index (χ0n) is 22.1. The Kier molecular flexibility index (Phi) is 6.75. The number of piperazine rings is 1. The van der Waals surface area contributed by atoms with Crippen LogP contribution in [-0.4, -0.2) is 59.5 Å². The van der Waals surface area contributed by atoms with Crippen LogP contribution in [0.15, 0.2) is 61.2 Å². The average molecular weight is 510 g/mol. The molecule has 0 saturated carbocycles. The Hall–Kier alpha value is -3.87. The van der Waals surface area contributed by atoms with Gasteiger partial charge >= 0.3 is 6.01 Å².